The Hall–Kier alpha value is -1.71. The molecule has 0 radical (unpaired) electrons. The topological polar surface area (TPSA) is 15.6 Å². The highest BCUT2D eigenvalue weighted by Gasteiger charge is 2.34. The first kappa shape index (κ1) is 16.7. The van der Waals surface area contributed by atoms with Gasteiger partial charge in [0.05, 0.1) is 5.92 Å². The molecule has 2 aliphatic rings. The van der Waals surface area contributed by atoms with E-state index >= 15 is 0 Å². The molecule has 0 saturated heterocycles. The highest BCUT2D eigenvalue weighted by molar-refractivity contribution is 8.17. The molecule has 2 aromatic rings. The van der Waals surface area contributed by atoms with Crippen molar-refractivity contribution in [3.8, 4) is 0 Å². The second kappa shape index (κ2) is 7.27. The Balaban J connectivity index is 1.83. The Morgan fingerprint density at radius 1 is 1.00 bits per heavy atom. The summed E-state index contributed by atoms with van der Waals surface area (Å²) < 4.78 is 0. The lowest BCUT2D eigenvalue weighted by atomic mass is 9.87. The third kappa shape index (κ3) is 3.36. The standard InChI is InChI=1S/C21H21ClN2S/c1-15-20(24-14-6-5-13-23-21(24)25-15)19(16-7-3-2-4-8-16)17-9-11-18(22)12-10-17/h2-4,7-12,19H,5-6,13-14H2,1H3. The van der Waals surface area contributed by atoms with E-state index < -0.39 is 0 Å². The van der Waals surface area contributed by atoms with Gasteiger partial charge in [0.1, 0.15) is 0 Å². The van der Waals surface area contributed by atoms with Gasteiger partial charge in [0.2, 0.25) is 0 Å². The highest BCUT2D eigenvalue weighted by Crippen LogP contribution is 2.45. The fraction of sp³-hybridized carbons (Fsp3) is 0.286. The van der Waals surface area contributed by atoms with Crippen LogP contribution in [0, 0.1) is 0 Å². The molecule has 0 N–H and O–H groups in total. The van der Waals surface area contributed by atoms with E-state index in [0.717, 1.165) is 18.1 Å². The van der Waals surface area contributed by atoms with Gasteiger partial charge in [-0.15, -0.1) is 0 Å². The van der Waals surface area contributed by atoms with Crippen LogP contribution in [0.4, 0.5) is 0 Å². The zero-order chi connectivity index (χ0) is 17.2. The lowest BCUT2D eigenvalue weighted by molar-refractivity contribution is 0.485. The second-order valence-electron chi connectivity index (χ2n) is 6.46. The minimum absolute atomic E-state index is 0.205. The maximum atomic E-state index is 6.14. The van der Waals surface area contributed by atoms with E-state index in [4.69, 9.17) is 16.6 Å². The Labute approximate surface area is 158 Å². The average Bonchev–Trinajstić information content (AvgIpc) is 2.80. The molecule has 0 fully saturated rings. The van der Waals surface area contributed by atoms with E-state index in [9.17, 15) is 0 Å². The van der Waals surface area contributed by atoms with E-state index in [1.165, 1.54) is 39.7 Å². The van der Waals surface area contributed by atoms with Gasteiger partial charge >= 0.3 is 0 Å². The van der Waals surface area contributed by atoms with Crippen molar-refractivity contribution in [2.45, 2.75) is 25.7 Å². The van der Waals surface area contributed by atoms with Crippen molar-refractivity contribution in [2.75, 3.05) is 13.1 Å². The van der Waals surface area contributed by atoms with Crippen molar-refractivity contribution in [2.24, 2.45) is 4.99 Å². The summed E-state index contributed by atoms with van der Waals surface area (Å²) in [6, 6.07) is 19.0. The molecule has 25 heavy (non-hydrogen) atoms. The van der Waals surface area contributed by atoms with Crippen LogP contribution in [0.1, 0.15) is 36.8 Å². The number of fused-ring (bicyclic) bond motifs is 1. The second-order valence-corrected chi connectivity index (χ2v) is 8.08. The zero-order valence-electron chi connectivity index (χ0n) is 14.3. The molecule has 4 rings (SSSR count). The summed E-state index contributed by atoms with van der Waals surface area (Å²) in [6.45, 7) is 4.22. The molecule has 0 saturated carbocycles. The number of halogens is 1. The zero-order valence-corrected chi connectivity index (χ0v) is 15.9. The van der Waals surface area contributed by atoms with Crippen LogP contribution in [0.5, 0.6) is 0 Å². The van der Waals surface area contributed by atoms with Gasteiger partial charge in [0.25, 0.3) is 0 Å². The van der Waals surface area contributed by atoms with Crippen molar-refractivity contribution in [3.63, 3.8) is 0 Å². The number of aliphatic imine (C=N–C) groups is 1. The van der Waals surface area contributed by atoms with E-state index in [-0.39, 0.29) is 5.92 Å². The van der Waals surface area contributed by atoms with Crippen molar-refractivity contribution in [3.05, 3.63) is 81.3 Å². The van der Waals surface area contributed by atoms with Gasteiger partial charge in [-0.05, 0) is 43.0 Å². The molecule has 2 aromatic carbocycles. The van der Waals surface area contributed by atoms with E-state index in [1.54, 1.807) is 0 Å². The van der Waals surface area contributed by atoms with Crippen molar-refractivity contribution in [1.82, 2.24) is 4.90 Å². The molecule has 0 amide bonds. The van der Waals surface area contributed by atoms with Gasteiger partial charge < -0.3 is 4.90 Å². The summed E-state index contributed by atoms with van der Waals surface area (Å²) in [4.78, 5) is 8.61. The molecular formula is C21H21ClN2S. The first-order chi connectivity index (χ1) is 12.2. The van der Waals surface area contributed by atoms with Crippen molar-refractivity contribution in [1.29, 1.82) is 0 Å². The first-order valence-electron chi connectivity index (χ1n) is 8.75. The summed E-state index contributed by atoms with van der Waals surface area (Å²) in [6.07, 6.45) is 2.36. The highest BCUT2D eigenvalue weighted by atomic mass is 35.5. The van der Waals surface area contributed by atoms with Crippen LogP contribution in [-0.4, -0.2) is 23.2 Å². The van der Waals surface area contributed by atoms with Gasteiger partial charge in [-0.25, -0.2) is 0 Å². The SMILES string of the molecule is CC1=C(C(c2ccccc2)c2ccc(Cl)cc2)N2CCCCN=C2S1. The van der Waals surface area contributed by atoms with Crippen LogP contribution in [-0.2, 0) is 0 Å². The van der Waals surface area contributed by atoms with E-state index in [2.05, 4.69) is 54.3 Å². The Morgan fingerprint density at radius 3 is 2.48 bits per heavy atom. The number of benzene rings is 2. The van der Waals surface area contributed by atoms with Crippen LogP contribution < -0.4 is 0 Å². The lowest BCUT2D eigenvalue weighted by Gasteiger charge is -2.28. The summed E-state index contributed by atoms with van der Waals surface area (Å²) in [5.41, 5.74) is 3.96. The Bertz CT molecular complexity index is 812. The Kier molecular flexibility index (Phi) is 4.87. The third-order valence-corrected chi connectivity index (χ3v) is 6.07. The number of nitrogens with zero attached hydrogens (tertiary/aromatic N) is 2. The van der Waals surface area contributed by atoms with Crippen LogP contribution >= 0.6 is 23.4 Å². The number of allylic oxidation sites excluding steroid dienone is 2. The quantitative estimate of drug-likeness (QED) is 0.670. The fourth-order valence-corrected chi connectivity index (χ4v) is 4.78. The van der Waals surface area contributed by atoms with Crippen LogP contribution in [0.25, 0.3) is 0 Å². The van der Waals surface area contributed by atoms with Gasteiger partial charge in [0.15, 0.2) is 5.17 Å². The molecule has 0 bridgehead atoms. The predicted molar refractivity (Wildman–Crippen MR) is 108 cm³/mol. The number of rotatable bonds is 3. The van der Waals surface area contributed by atoms with Crippen LogP contribution in [0.2, 0.25) is 5.02 Å². The van der Waals surface area contributed by atoms with Crippen molar-refractivity contribution >= 4 is 28.5 Å². The monoisotopic (exact) mass is 368 g/mol. The number of hydrogen-bond donors (Lipinski definition) is 0. The molecular weight excluding hydrogens is 348 g/mol. The minimum Gasteiger partial charge on any atom is -0.323 e. The maximum Gasteiger partial charge on any atom is 0.168 e. The summed E-state index contributed by atoms with van der Waals surface area (Å²) >= 11 is 7.96. The number of hydrogen-bond acceptors (Lipinski definition) is 3. The number of amidine groups is 1. The molecule has 2 aliphatic heterocycles. The largest absolute Gasteiger partial charge is 0.323 e. The molecule has 4 heteroatoms. The Morgan fingerprint density at radius 2 is 1.72 bits per heavy atom. The molecule has 128 valence electrons. The average molecular weight is 369 g/mol. The lowest BCUT2D eigenvalue weighted by Crippen LogP contribution is -2.28. The smallest absolute Gasteiger partial charge is 0.168 e. The van der Waals surface area contributed by atoms with E-state index in [0.29, 0.717) is 0 Å². The van der Waals surface area contributed by atoms with E-state index in [1.807, 2.05) is 23.9 Å². The summed E-state index contributed by atoms with van der Waals surface area (Å²) in [5, 5.41) is 1.94. The number of thioether (sulfide) groups is 1. The van der Waals surface area contributed by atoms with Gasteiger partial charge in [-0.1, -0.05) is 65.8 Å². The summed E-state index contributed by atoms with van der Waals surface area (Å²) in [7, 11) is 0. The van der Waals surface area contributed by atoms with Gasteiger partial charge in [-0.2, -0.15) is 0 Å². The van der Waals surface area contributed by atoms with Crippen LogP contribution in [0.3, 0.4) is 0 Å². The maximum absolute atomic E-state index is 6.14. The van der Waals surface area contributed by atoms with Gasteiger partial charge in [0, 0.05) is 28.7 Å². The molecule has 1 unspecified atom stereocenters. The molecule has 1 atom stereocenters. The fourth-order valence-electron chi connectivity index (χ4n) is 3.60. The molecule has 0 aromatic heterocycles. The molecule has 0 aliphatic carbocycles. The molecule has 2 heterocycles. The first-order valence-corrected chi connectivity index (χ1v) is 9.94. The minimum atomic E-state index is 0.205. The predicted octanol–water partition coefficient (Wildman–Crippen LogP) is 5.90. The van der Waals surface area contributed by atoms with Crippen LogP contribution in [0.15, 0.2) is 70.2 Å². The molecule has 0 spiro atoms. The summed E-state index contributed by atoms with van der Waals surface area (Å²) in [5.74, 6) is 0.205. The normalized spacial score (nSPS) is 18.6. The van der Waals surface area contributed by atoms with Gasteiger partial charge in [-0.3, -0.25) is 4.99 Å². The third-order valence-electron chi connectivity index (χ3n) is 4.77. The van der Waals surface area contributed by atoms with Crippen molar-refractivity contribution < 1.29 is 0 Å². The molecule has 2 nitrogen and oxygen atoms in total.